The number of hydrogen-bond donors (Lipinski definition) is 1. The van der Waals surface area contributed by atoms with Crippen LogP contribution in [0.2, 0.25) is 0 Å². The fourth-order valence-corrected chi connectivity index (χ4v) is 2.31. The van der Waals surface area contributed by atoms with Crippen molar-refractivity contribution in [1.82, 2.24) is 4.90 Å². The number of carbonyl (C=O) groups excluding carboxylic acids is 1. The number of amides is 1. The van der Waals surface area contributed by atoms with E-state index in [1.807, 2.05) is 0 Å². The quantitative estimate of drug-likeness (QED) is 0.734. The maximum absolute atomic E-state index is 11.4. The number of aliphatic carboxylic acids is 1. The third kappa shape index (κ3) is 1.21. The van der Waals surface area contributed by atoms with Crippen LogP contribution in [0, 0.1) is 0 Å². The van der Waals surface area contributed by atoms with Crippen molar-refractivity contribution < 1.29 is 14.7 Å². The summed E-state index contributed by atoms with van der Waals surface area (Å²) in [5, 5.41) is 9.19. The Hall–Kier alpha value is -1.06. The van der Waals surface area contributed by atoms with Crippen LogP contribution in [0.1, 0.15) is 39.0 Å². The van der Waals surface area contributed by atoms with E-state index in [4.69, 9.17) is 0 Å². The van der Waals surface area contributed by atoms with Gasteiger partial charge in [0.05, 0.1) is 0 Å². The fraction of sp³-hybridized carbons (Fsp3) is 0.800. The maximum Gasteiger partial charge on any atom is 0.329 e. The largest absolute Gasteiger partial charge is 0.479 e. The molecule has 2 aliphatic carbocycles. The third-order valence-corrected chi connectivity index (χ3v) is 3.29. The molecule has 0 aromatic heterocycles. The van der Waals surface area contributed by atoms with Gasteiger partial charge < -0.3 is 10.0 Å². The van der Waals surface area contributed by atoms with Gasteiger partial charge in [-0.2, -0.15) is 0 Å². The molecule has 1 N–H and O–H groups in total. The molecule has 0 heterocycles. The van der Waals surface area contributed by atoms with Gasteiger partial charge in [-0.15, -0.1) is 0 Å². The van der Waals surface area contributed by atoms with Crippen LogP contribution in [0.4, 0.5) is 0 Å². The summed E-state index contributed by atoms with van der Waals surface area (Å²) >= 11 is 0. The number of nitrogens with zero attached hydrogens (tertiary/aromatic N) is 1. The highest BCUT2D eigenvalue weighted by atomic mass is 16.4. The Balaban J connectivity index is 2.23. The number of carboxylic acids is 1. The van der Waals surface area contributed by atoms with Crippen LogP contribution in [0.5, 0.6) is 0 Å². The fourth-order valence-electron chi connectivity index (χ4n) is 2.31. The van der Waals surface area contributed by atoms with E-state index < -0.39 is 11.5 Å². The van der Waals surface area contributed by atoms with E-state index in [-0.39, 0.29) is 11.9 Å². The van der Waals surface area contributed by atoms with Crippen molar-refractivity contribution in [3.05, 3.63) is 0 Å². The van der Waals surface area contributed by atoms with Gasteiger partial charge in [0.15, 0.2) is 0 Å². The van der Waals surface area contributed by atoms with Gasteiger partial charge in [-0.05, 0) is 32.1 Å². The van der Waals surface area contributed by atoms with E-state index in [0.29, 0.717) is 12.8 Å². The summed E-state index contributed by atoms with van der Waals surface area (Å²) < 4.78 is 0. The summed E-state index contributed by atoms with van der Waals surface area (Å²) in [7, 11) is 0. The highest BCUT2D eigenvalue weighted by Gasteiger charge is 2.54. The van der Waals surface area contributed by atoms with Crippen LogP contribution in [0.3, 0.4) is 0 Å². The zero-order valence-corrected chi connectivity index (χ0v) is 8.32. The Morgan fingerprint density at radius 3 is 2.14 bits per heavy atom. The van der Waals surface area contributed by atoms with Gasteiger partial charge in [0, 0.05) is 13.0 Å². The van der Waals surface area contributed by atoms with E-state index >= 15 is 0 Å². The van der Waals surface area contributed by atoms with Gasteiger partial charge in [-0.25, -0.2) is 4.79 Å². The highest BCUT2D eigenvalue weighted by Crippen LogP contribution is 2.44. The standard InChI is InChI=1S/C10H15NO3/c1-7(12)11(8-3-4-8)10(9(13)14)5-2-6-10/h8H,2-6H2,1H3,(H,13,14). The monoisotopic (exact) mass is 197 g/mol. The first-order valence-corrected chi connectivity index (χ1v) is 5.11. The number of carboxylic acid groups (broad SMARTS) is 1. The van der Waals surface area contributed by atoms with Crippen molar-refractivity contribution in [3.63, 3.8) is 0 Å². The molecule has 4 heteroatoms. The van der Waals surface area contributed by atoms with Crippen LogP contribution in [-0.2, 0) is 9.59 Å². The summed E-state index contributed by atoms with van der Waals surface area (Å²) in [6.07, 6.45) is 4.10. The van der Waals surface area contributed by atoms with Crippen LogP contribution < -0.4 is 0 Å². The maximum atomic E-state index is 11.4. The van der Waals surface area contributed by atoms with Crippen molar-refractivity contribution in [2.45, 2.75) is 50.6 Å². The van der Waals surface area contributed by atoms with Crippen molar-refractivity contribution in [2.75, 3.05) is 0 Å². The summed E-state index contributed by atoms with van der Waals surface area (Å²) in [5.41, 5.74) is -0.854. The van der Waals surface area contributed by atoms with Gasteiger partial charge in [0.1, 0.15) is 5.54 Å². The van der Waals surface area contributed by atoms with Crippen LogP contribution in [0.25, 0.3) is 0 Å². The van der Waals surface area contributed by atoms with Gasteiger partial charge >= 0.3 is 5.97 Å². The zero-order chi connectivity index (χ0) is 10.3. The smallest absolute Gasteiger partial charge is 0.329 e. The Morgan fingerprint density at radius 2 is 1.93 bits per heavy atom. The molecule has 0 unspecified atom stereocenters. The molecule has 0 saturated heterocycles. The van der Waals surface area contributed by atoms with E-state index in [1.165, 1.54) is 6.92 Å². The molecule has 0 aromatic carbocycles. The van der Waals surface area contributed by atoms with Crippen molar-refractivity contribution in [3.8, 4) is 0 Å². The normalized spacial score (nSPS) is 23.8. The number of rotatable bonds is 3. The minimum atomic E-state index is -0.854. The Morgan fingerprint density at radius 1 is 1.36 bits per heavy atom. The van der Waals surface area contributed by atoms with Gasteiger partial charge in [0.25, 0.3) is 0 Å². The average molecular weight is 197 g/mol. The summed E-state index contributed by atoms with van der Waals surface area (Å²) in [6, 6.07) is 0.198. The summed E-state index contributed by atoms with van der Waals surface area (Å²) in [6.45, 7) is 1.47. The first kappa shape index (κ1) is 9.49. The molecular formula is C10H15NO3. The Bertz CT molecular complexity index is 279. The second kappa shape index (κ2) is 2.97. The molecule has 2 aliphatic rings. The SMILES string of the molecule is CC(=O)N(C1CC1)C1(C(=O)O)CCC1. The van der Waals surface area contributed by atoms with Crippen LogP contribution >= 0.6 is 0 Å². The van der Waals surface area contributed by atoms with Crippen LogP contribution in [0.15, 0.2) is 0 Å². The molecule has 4 nitrogen and oxygen atoms in total. The minimum absolute atomic E-state index is 0.0883. The third-order valence-electron chi connectivity index (χ3n) is 3.29. The summed E-state index contributed by atoms with van der Waals surface area (Å²) in [5.74, 6) is -0.916. The Kier molecular flexibility index (Phi) is 2.01. The first-order chi connectivity index (χ1) is 6.58. The zero-order valence-electron chi connectivity index (χ0n) is 8.32. The topological polar surface area (TPSA) is 57.6 Å². The lowest BCUT2D eigenvalue weighted by Crippen LogP contribution is -2.61. The van der Waals surface area contributed by atoms with E-state index in [0.717, 1.165) is 19.3 Å². The average Bonchev–Trinajstić information content (AvgIpc) is 2.76. The summed E-state index contributed by atoms with van der Waals surface area (Å²) in [4.78, 5) is 24.2. The second-order valence-electron chi connectivity index (χ2n) is 4.31. The molecule has 0 radical (unpaired) electrons. The predicted molar refractivity (Wildman–Crippen MR) is 49.8 cm³/mol. The molecular weight excluding hydrogens is 182 g/mol. The molecule has 0 bridgehead atoms. The van der Waals surface area contributed by atoms with Gasteiger partial charge in [-0.1, -0.05) is 0 Å². The molecule has 78 valence electrons. The number of carbonyl (C=O) groups is 2. The molecule has 2 saturated carbocycles. The highest BCUT2D eigenvalue weighted by molar-refractivity contribution is 5.87. The van der Waals surface area contributed by atoms with E-state index in [2.05, 4.69) is 0 Å². The van der Waals surface area contributed by atoms with E-state index in [1.54, 1.807) is 4.90 Å². The van der Waals surface area contributed by atoms with Crippen molar-refractivity contribution in [1.29, 1.82) is 0 Å². The van der Waals surface area contributed by atoms with Gasteiger partial charge in [0.2, 0.25) is 5.91 Å². The molecule has 0 aromatic rings. The van der Waals surface area contributed by atoms with Gasteiger partial charge in [-0.3, -0.25) is 4.79 Å². The second-order valence-corrected chi connectivity index (χ2v) is 4.31. The lowest BCUT2D eigenvalue weighted by atomic mass is 9.75. The minimum Gasteiger partial charge on any atom is -0.479 e. The lowest BCUT2D eigenvalue weighted by Gasteiger charge is -2.46. The van der Waals surface area contributed by atoms with E-state index in [9.17, 15) is 14.7 Å². The molecule has 1 amide bonds. The Labute approximate surface area is 82.9 Å². The predicted octanol–water partition coefficient (Wildman–Crippen LogP) is 1.00. The molecule has 0 atom stereocenters. The van der Waals surface area contributed by atoms with Crippen molar-refractivity contribution in [2.24, 2.45) is 0 Å². The molecule has 0 spiro atoms. The first-order valence-electron chi connectivity index (χ1n) is 5.11. The van der Waals surface area contributed by atoms with Crippen LogP contribution in [-0.4, -0.2) is 33.5 Å². The molecule has 2 rings (SSSR count). The molecule has 2 fully saturated rings. The molecule has 14 heavy (non-hydrogen) atoms. The number of hydrogen-bond acceptors (Lipinski definition) is 2. The van der Waals surface area contributed by atoms with Crippen molar-refractivity contribution >= 4 is 11.9 Å². The lowest BCUT2D eigenvalue weighted by molar-refractivity contribution is -0.166. The molecule has 0 aliphatic heterocycles.